The molecule has 8 heteroatoms. The summed E-state index contributed by atoms with van der Waals surface area (Å²) in [5.74, 6) is -0.796. The monoisotopic (exact) mass is 454 g/mol. The number of carbonyl (C=O) groups excluding carboxylic acids is 1. The number of ketones is 1. The van der Waals surface area contributed by atoms with Gasteiger partial charge in [-0.2, -0.15) is 5.26 Å². The van der Waals surface area contributed by atoms with Crippen molar-refractivity contribution in [2.24, 2.45) is 0 Å². The highest BCUT2D eigenvalue weighted by Crippen LogP contribution is 2.30. The van der Waals surface area contributed by atoms with E-state index in [4.69, 9.17) is 11.6 Å². The minimum atomic E-state index is -0.685. The van der Waals surface area contributed by atoms with Gasteiger partial charge in [0.2, 0.25) is 5.78 Å². The Morgan fingerprint density at radius 3 is 2.71 bits per heavy atom. The van der Waals surface area contributed by atoms with Gasteiger partial charge in [-0.1, -0.05) is 23.7 Å². The Labute approximate surface area is 155 Å². The molecule has 1 N–H and O–H groups in total. The normalized spacial score (nSPS) is 11.0. The Morgan fingerprint density at radius 1 is 1.38 bits per heavy atom. The van der Waals surface area contributed by atoms with E-state index in [0.29, 0.717) is 8.59 Å². The average Bonchev–Trinajstić information content (AvgIpc) is 2.56. The summed E-state index contributed by atoms with van der Waals surface area (Å²) in [6.45, 7) is 0. The van der Waals surface area contributed by atoms with E-state index >= 15 is 0 Å². The van der Waals surface area contributed by atoms with Gasteiger partial charge in [0.1, 0.15) is 17.4 Å². The number of non-ortho nitro benzene ring substituents is 1. The molecule has 2 aromatic carbocycles. The van der Waals surface area contributed by atoms with Crippen LogP contribution in [0.5, 0.6) is 5.75 Å². The lowest BCUT2D eigenvalue weighted by Gasteiger charge is -2.05. The molecule has 0 aliphatic rings. The van der Waals surface area contributed by atoms with Crippen LogP contribution in [0.3, 0.4) is 0 Å². The third-order valence-electron chi connectivity index (χ3n) is 3.04. The number of rotatable bonds is 4. The van der Waals surface area contributed by atoms with Gasteiger partial charge in [0, 0.05) is 28.3 Å². The highest BCUT2D eigenvalue weighted by molar-refractivity contribution is 14.1. The number of hydrogen-bond donors (Lipinski definition) is 1. The van der Waals surface area contributed by atoms with Crippen LogP contribution in [0.2, 0.25) is 5.02 Å². The lowest BCUT2D eigenvalue weighted by Crippen LogP contribution is -2.03. The Balaban J connectivity index is 2.49. The molecule has 0 bridgehead atoms. The molecular weight excluding hydrogens is 447 g/mol. The third-order valence-corrected chi connectivity index (χ3v) is 4.08. The summed E-state index contributed by atoms with van der Waals surface area (Å²) in [7, 11) is 0. The van der Waals surface area contributed by atoms with Crippen LogP contribution in [0.1, 0.15) is 15.9 Å². The van der Waals surface area contributed by atoms with E-state index in [1.807, 2.05) is 22.6 Å². The second-order valence-electron chi connectivity index (χ2n) is 4.63. The fourth-order valence-corrected chi connectivity index (χ4v) is 2.97. The Bertz CT molecular complexity index is 919. The quantitative estimate of drug-likeness (QED) is 0.185. The number of nitro groups is 1. The highest BCUT2D eigenvalue weighted by atomic mass is 127. The fourth-order valence-electron chi connectivity index (χ4n) is 1.92. The molecule has 0 unspecified atom stereocenters. The van der Waals surface area contributed by atoms with E-state index in [0.717, 1.165) is 6.07 Å². The maximum absolute atomic E-state index is 12.4. The molecule has 120 valence electrons. The smallest absolute Gasteiger partial charge is 0.270 e. The molecule has 0 amide bonds. The fraction of sp³-hybridized carbons (Fsp3) is 0. The number of carbonyl (C=O) groups is 1. The first-order valence-electron chi connectivity index (χ1n) is 6.42. The van der Waals surface area contributed by atoms with Crippen molar-refractivity contribution >= 4 is 51.7 Å². The number of phenols is 1. The van der Waals surface area contributed by atoms with E-state index in [1.165, 1.54) is 36.4 Å². The number of phenolic OH excluding ortho intramolecular Hbond substituents is 1. The minimum absolute atomic E-state index is 0.00761. The topological polar surface area (TPSA) is 104 Å². The molecule has 0 aliphatic carbocycles. The van der Waals surface area contributed by atoms with Gasteiger partial charge in [0.15, 0.2) is 0 Å². The molecule has 0 saturated heterocycles. The van der Waals surface area contributed by atoms with Crippen molar-refractivity contribution in [3.8, 4) is 11.8 Å². The molecule has 2 aromatic rings. The Kier molecular flexibility index (Phi) is 5.54. The van der Waals surface area contributed by atoms with Crippen LogP contribution in [0, 0.1) is 25.0 Å². The van der Waals surface area contributed by atoms with Gasteiger partial charge < -0.3 is 5.11 Å². The van der Waals surface area contributed by atoms with Crippen LogP contribution in [-0.2, 0) is 0 Å². The average molecular weight is 455 g/mol. The van der Waals surface area contributed by atoms with Crippen molar-refractivity contribution in [2.75, 3.05) is 0 Å². The first-order chi connectivity index (χ1) is 11.3. The molecular formula is C16H8ClIN2O4. The van der Waals surface area contributed by atoms with Crippen molar-refractivity contribution in [2.45, 2.75) is 0 Å². The molecule has 0 saturated carbocycles. The number of nitriles is 1. The van der Waals surface area contributed by atoms with E-state index in [2.05, 4.69) is 0 Å². The van der Waals surface area contributed by atoms with Crippen LogP contribution in [-0.4, -0.2) is 15.8 Å². The van der Waals surface area contributed by atoms with Crippen molar-refractivity contribution in [1.29, 1.82) is 5.26 Å². The van der Waals surface area contributed by atoms with Gasteiger partial charge in [-0.25, -0.2) is 0 Å². The molecule has 6 nitrogen and oxygen atoms in total. The molecule has 0 radical (unpaired) electrons. The molecule has 0 spiro atoms. The first-order valence-corrected chi connectivity index (χ1v) is 7.88. The molecule has 0 aliphatic heterocycles. The summed E-state index contributed by atoms with van der Waals surface area (Å²) in [5, 5.41) is 30.4. The maximum atomic E-state index is 12.4. The summed E-state index contributed by atoms with van der Waals surface area (Å²) < 4.78 is 0.464. The predicted octanol–water partition coefficient (Wildman–Crippen LogP) is 4.35. The predicted molar refractivity (Wildman–Crippen MR) is 96.9 cm³/mol. The van der Waals surface area contributed by atoms with Crippen molar-refractivity contribution in [3.05, 3.63) is 71.8 Å². The largest absolute Gasteiger partial charge is 0.506 e. The summed E-state index contributed by atoms with van der Waals surface area (Å²) in [6.07, 6.45) is 1.20. The van der Waals surface area contributed by atoms with Crippen molar-refractivity contribution in [1.82, 2.24) is 0 Å². The molecule has 0 fully saturated rings. The zero-order valence-corrected chi connectivity index (χ0v) is 14.8. The van der Waals surface area contributed by atoms with E-state index < -0.39 is 10.7 Å². The zero-order chi connectivity index (χ0) is 17.9. The second-order valence-corrected chi connectivity index (χ2v) is 6.23. The zero-order valence-electron chi connectivity index (χ0n) is 11.9. The number of hydrogen-bond acceptors (Lipinski definition) is 5. The second kappa shape index (κ2) is 7.42. The lowest BCUT2D eigenvalue weighted by atomic mass is 10.0. The summed E-state index contributed by atoms with van der Waals surface area (Å²) in [5.41, 5.74) is -0.308. The molecule has 0 aromatic heterocycles. The first kappa shape index (κ1) is 17.9. The Hall–Kier alpha value is -2.44. The minimum Gasteiger partial charge on any atom is -0.506 e. The van der Waals surface area contributed by atoms with Crippen LogP contribution in [0.25, 0.3) is 6.08 Å². The SMILES string of the molecule is N#C/C(=C\c1cc(Cl)cc(I)c1O)C(=O)c1cccc([N+](=O)[O-])c1. The number of aromatic hydroxyl groups is 1. The summed E-state index contributed by atoms with van der Waals surface area (Å²) in [4.78, 5) is 22.6. The lowest BCUT2D eigenvalue weighted by molar-refractivity contribution is -0.384. The van der Waals surface area contributed by atoms with Gasteiger partial charge in [0.25, 0.3) is 5.69 Å². The van der Waals surface area contributed by atoms with Gasteiger partial charge in [0.05, 0.1) is 8.49 Å². The molecule has 0 atom stereocenters. The van der Waals surface area contributed by atoms with E-state index in [1.54, 1.807) is 6.07 Å². The van der Waals surface area contributed by atoms with E-state index in [-0.39, 0.29) is 28.1 Å². The Morgan fingerprint density at radius 2 is 2.08 bits per heavy atom. The number of nitrogens with zero attached hydrogens (tertiary/aromatic N) is 2. The number of nitro benzene ring substituents is 1. The number of benzene rings is 2. The number of Topliss-reactive ketones (excluding diaryl/α,β-unsaturated/α-hetero) is 1. The summed E-state index contributed by atoms with van der Waals surface area (Å²) >= 11 is 7.78. The van der Waals surface area contributed by atoms with Gasteiger partial charge >= 0.3 is 0 Å². The summed E-state index contributed by atoms with van der Waals surface area (Å²) in [6, 6.07) is 9.77. The van der Waals surface area contributed by atoms with E-state index in [9.17, 15) is 25.3 Å². The van der Waals surface area contributed by atoms with Gasteiger partial charge in [-0.05, 0) is 40.8 Å². The van der Waals surface area contributed by atoms with Crippen molar-refractivity contribution < 1.29 is 14.8 Å². The number of allylic oxidation sites excluding steroid dienone is 1. The van der Waals surface area contributed by atoms with Crippen LogP contribution in [0.4, 0.5) is 5.69 Å². The van der Waals surface area contributed by atoms with Gasteiger partial charge in [-0.3, -0.25) is 14.9 Å². The maximum Gasteiger partial charge on any atom is 0.270 e. The van der Waals surface area contributed by atoms with Crippen LogP contribution < -0.4 is 0 Å². The third kappa shape index (κ3) is 3.90. The molecule has 2 rings (SSSR count). The highest BCUT2D eigenvalue weighted by Gasteiger charge is 2.17. The van der Waals surface area contributed by atoms with Crippen LogP contribution >= 0.6 is 34.2 Å². The molecule has 0 heterocycles. The molecule has 24 heavy (non-hydrogen) atoms. The van der Waals surface area contributed by atoms with Crippen molar-refractivity contribution in [3.63, 3.8) is 0 Å². The van der Waals surface area contributed by atoms with Gasteiger partial charge in [-0.15, -0.1) is 0 Å². The van der Waals surface area contributed by atoms with Crippen LogP contribution in [0.15, 0.2) is 42.0 Å². The standard InChI is InChI=1S/C16H8ClIN2O4/c17-12-5-10(16(22)14(18)7-12)4-11(8-19)15(21)9-2-1-3-13(6-9)20(23)24/h1-7,22H/b11-4+. The number of halogens is 2.